The monoisotopic (exact) mass is 284 g/mol. The summed E-state index contributed by atoms with van der Waals surface area (Å²) in [5.74, 6) is 1.09. The maximum Gasteiger partial charge on any atom is 0.225 e. The van der Waals surface area contributed by atoms with Gasteiger partial charge in [-0.05, 0) is 26.0 Å². The van der Waals surface area contributed by atoms with Gasteiger partial charge in [-0.25, -0.2) is 0 Å². The van der Waals surface area contributed by atoms with Crippen molar-refractivity contribution in [2.45, 2.75) is 20.0 Å². The molecule has 0 aliphatic carbocycles. The molecule has 106 valence electrons. The fourth-order valence-electron chi connectivity index (χ4n) is 1.75. The number of hydrogen-bond donors (Lipinski definition) is 2. The van der Waals surface area contributed by atoms with Crippen LogP contribution in [0.15, 0.2) is 24.3 Å². The van der Waals surface area contributed by atoms with E-state index in [9.17, 15) is 4.79 Å². The van der Waals surface area contributed by atoms with Gasteiger partial charge in [-0.2, -0.15) is 0 Å². The first-order chi connectivity index (χ1) is 8.65. The zero-order valence-corrected chi connectivity index (χ0v) is 12.1. The van der Waals surface area contributed by atoms with E-state index < -0.39 is 0 Å². The van der Waals surface area contributed by atoms with Crippen molar-refractivity contribution < 1.29 is 9.53 Å². The van der Waals surface area contributed by atoms with Gasteiger partial charge in [-0.15, -0.1) is 12.4 Å². The van der Waals surface area contributed by atoms with Crippen LogP contribution in [-0.4, -0.2) is 31.6 Å². The quantitative estimate of drug-likeness (QED) is 0.862. The van der Waals surface area contributed by atoms with E-state index in [2.05, 4.69) is 10.6 Å². The number of hydrogen-bond acceptors (Lipinski definition) is 3. The van der Waals surface area contributed by atoms with Crippen LogP contribution in [0.5, 0.6) is 5.75 Å². The summed E-state index contributed by atoms with van der Waals surface area (Å²) in [7, 11) is 0. The van der Waals surface area contributed by atoms with E-state index in [1.54, 1.807) is 0 Å². The first-order valence-electron chi connectivity index (χ1n) is 6.37. The van der Waals surface area contributed by atoms with Gasteiger partial charge in [0.15, 0.2) is 0 Å². The molecule has 0 spiro atoms. The van der Waals surface area contributed by atoms with E-state index in [-0.39, 0.29) is 30.3 Å². The zero-order valence-electron chi connectivity index (χ0n) is 11.3. The van der Waals surface area contributed by atoms with Crippen LogP contribution < -0.4 is 15.4 Å². The molecule has 1 unspecified atom stereocenters. The molecule has 0 radical (unpaired) electrons. The molecule has 1 amide bonds. The van der Waals surface area contributed by atoms with Crippen LogP contribution in [0.4, 0.5) is 0 Å². The molecule has 2 rings (SSSR count). The maximum absolute atomic E-state index is 11.6. The fraction of sp³-hybridized carbons (Fsp3) is 0.500. The lowest BCUT2D eigenvalue weighted by molar-refractivity contribution is -0.126. The van der Waals surface area contributed by atoms with E-state index in [0.29, 0.717) is 6.54 Å². The van der Waals surface area contributed by atoms with E-state index in [4.69, 9.17) is 4.74 Å². The van der Waals surface area contributed by atoms with Gasteiger partial charge in [0, 0.05) is 13.1 Å². The Morgan fingerprint density at radius 2 is 2.05 bits per heavy atom. The third kappa shape index (κ3) is 4.73. The maximum atomic E-state index is 11.6. The van der Waals surface area contributed by atoms with E-state index in [1.165, 1.54) is 5.56 Å². The van der Waals surface area contributed by atoms with Gasteiger partial charge >= 0.3 is 0 Å². The zero-order chi connectivity index (χ0) is 13.0. The molecule has 1 aliphatic heterocycles. The normalized spacial score (nSPS) is 15.9. The summed E-state index contributed by atoms with van der Waals surface area (Å²) in [5, 5.41) is 5.99. The number of nitrogens with one attached hydrogen (secondary N) is 2. The highest BCUT2D eigenvalue weighted by Crippen LogP contribution is 2.13. The van der Waals surface area contributed by atoms with Crippen LogP contribution >= 0.6 is 12.4 Å². The summed E-state index contributed by atoms with van der Waals surface area (Å²) in [4.78, 5) is 11.6. The largest absolute Gasteiger partial charge is 0.489 e. The molecule has 4 nitrogen and oxygen atoms in total. The average Bonchev–Trinajstić information content (AvgIpc) is 2.27. The van der Waals surface area contributed by atoms with Crippen LogP contribution in [0.1, 0.15) is 12.5 Å². The molecule has 1 saturated heterocycles. The molecule has 5 heteroatoms. The van der Waals surface area contributed by atoms with Crippen molar-refractivity contribution in [3.63, 3.8) is 0 Å². The molecule has 19 heavy (non-hydrogen) atoms. The summed E-state index contributed by atoms with van der Waals surface area (Å²) in [6.07, 6.45) is -0.0234. The number of amides is 1. The van der Waals surface area contributed by atoms with Crippen LogP contribution in [0.2, 0.25) is 0 Å². The average molecular weight is 285 g/mol. The smallest absolute Gasteiger partial charge is 0.225 e. The molecule has 0 bridgehead atoms. The molecule has 2 N–H and O–H groups in total. The highest BCUT2D eigenvalue weighted by molar-refractivity contribution is 5.85. The molecule has 1 heterocycles. The first kappa shape index (κ1) is 15.8. The predicted octanol–water partition coefficient (Wildman–Crippen LogP) is 1.52. The molecule has 1 atom stereocenters. The Balaban J connectivity index is 0.00000180. The minimum Gasteiger partial charge on any atom is -0.489 e. The van der Waals surface area contributed by atoms with Crippen LogP contribution in [0.3, 0.4) is 0 Å². The topological polar surface area (TPSA) is 50.4 Å². The number of carbonyl (C=O) groups excluding carboxylic acids is 1. The Morgan fingerprint density at radius 3 is 2.58 bits per heavy atom. The molecule has 1 aliphatic rings. The van der Waals surface area contributed by atoms with Crippen LogP contribution in [0.25, 0.3) is 0 Å². The molecule has 0 aromatic heterocycles. The van der Waals surface area contributed by atoms with Crippen LogP contribution in [0, 0.1) is 12.8 Å². The van der Waals surface area contributed by atoms with Gasteiger partial charge in [-0.3, -0.25) is 4.79 Å². The fourth-order valence-corrected chi connectivity index (χ4v) is 1.75. The standard InChI is InChI=1S/C14H20N2O2.ClH/c1-10-3-5-13(6-4-10)18-11(2)7-16-14(17)12-8-15-9-12;/h3-6,11-12,15H,7-9H2,1-2H3,(H,16,17);1H. The number of ether oxygens (including phenoxy) is 1. The summed E-state index contributed by atoms with van der Waals surface area (Å²) in [6, 6.07) is 7.92. The van der Waals surface area contributed by atoms with E-state index >= 15 is 0 Å². The molecule has 1 aromatic carbocycles. The Morgan fingerprint density at radius 1 is 1.42 bits per heavy atom. The van der Waals surface area contributed by atoms with Gasteiger partial charge in [0.1, 0.15) is 11.9 Å². The Hall–Kier alpha value is -1.26. The van der Waals surface area contributed by atoms with Crippen molar-refractivity contribution in [1.29, 1.82) is 0 Å². The Labute approximate surface area is 120 Å². The lowest BCUT2D eigenvalue weighted by Crippen LogP contribution is -2.51. The van der Waals surface area contributed by atoms with Crippen molar-refractivity contribution in [2.75, 3.05) is 19.6 Å². The highest BCUT2D eigenvalue weighted by Gasteiger charge is 2.24. The number of benzene rings is 1. The molecular weight excluding hydrogens is 264 g/mol. The lowest BCUT2D eigenvalue weighted by atomic mass is 10.0. The number of rotatable bonds is 5. The number of carbonyl (C=O) groups is 1. The summed E-state index contributed by atoms with van der Waals surface area (Å²) in [5.41, 5.74) is 1.21. The van der Waals surface area contributed by atoms with Gasteiger partial charge in [0.05, 0.1) is 12.5 Å². The second kappa shape index (κ2) is 7.36. The van der Waals surface area contributed by atoms with Crippen molar-refractivity contribution in [1.82, 2.24) is 10.6 Å². The van der Waals surface area contributed by atoms with Crippen molar-refractivity contribution in [2.24, 2.45) is 5.92 Å². The van der Waals surface area contributed by atoms with Crippen molar-refractivity contribution in [3.05, 3.63) is 29.8 Å². The predicted molar refractivity (Wildman–Crippen MR) is 77.9 cm³/mol. The van der Waals surface area contributed by atoms with Crippen molar-refractivity contribution >= 4 is 18.3 Å². The molecular formula is C14H21ClN2O2. The first-order valence-corrected chi connectivity index (χ1v) is 6.37. The highest BCUT2D eigenvalue weighted by atomic mass is 35.5. The van der Waals surface area contributed by atoms with E-state index in [0.717, 1.165) is 18.8 Å². The Kier molecular flexibility index (Phi) is 6.12. The van der Waals surface area contributed by atoms with Gasteiger partial charge in [0.25, 0.3) is 0 Å². The number of halogens is 1. The molecule has 1 aromatic rings. The van der Waals surface area contributed by atoms with Gasteiger partial charge < -0.3 is 15.4 Å². The summed E-state index contributed by atoms with van der Waals surface area (Å²) in [6.45, 7) is 6.13. The second-order valence-corrected chi connectivity index (χ2v) is 4.84. The van der Waals surface area contributed by atoms with E-state index in [1.807, 2.05) is 38.1 Å². The SMILES string of the molecule is Cc1ccc(OC(C)CNC(=O)C2CNC2)cc1.Cl. The minimum absolute atomic E-state index is 0. The minimum atomic E-state index is -0.0234. The van der Waals surface area contributed by atoms with Crippen LogP contribution in [-0.2, 0) is 4.79 Å². The lowest BCUT2D eigenvalue weighted by Gasteiger charge is -2.26. The summed E-state index contributed by atoms with van der Waals surface area (Å²) >= 11 is 0. The molecule has 1 fully saturated rings. The third-order valence-electron chi connectivity index (χ3n) is 3.07. The summed E-state index contributed by atoms with van der Waals surface area (Å²) < 4.78 is 5.72. The third-order valence-corrected chi connectivity index (χ3v) is 3.07. The second-order valence-electron chi connectivity index (χ2n) is 4.84. The number of aryl methyl sites for hydroxylation is 1. The van der Waals surface area contributed by atoms with Gasteiger partial charge in [0.2, 0.25) is 5.91 Å². The molecule has 0 saturated carbocycles. The Bertz CT molecular complexity index is 404. The van der Waals surface area contributed by atoms with Gasteiger partial charge in [-0.1, -0.05) is 17.7 Å². The van der Waals surface area contributed by atoms with Crippen molar-refractivity contribution in [3.8, 4) is 5.75 Å².